The minimum absolute atomic E-state index is 0.245. The number of esters is 1. The molecule has 1 atom stereocenters. The van der Waals surface area contributed by atoms with Crippen LogP contribution in [0, 0.1) is 7.14 Å². The van der Waals surface area contributed by atoms with Crippen molar-refractivity contribution in [3.63, 3.8) is 0 Å². The number of thiazole rings is 1. The molecule has 0 bridgehead atoms. The van der Waals surface area contributed by atoms with E-state index in [-0.39, 0.29) is 11.1 Å². The smallest absolute Gasteiger partial charge is 0.337 e. The fourth-order valence-corrected chi connectivity index (χ4v) is 7.10. The molecular formula is C26H24I2N2O6S. The molecule has 194 valence electrons. The van der Waals surface area contributed by atoms with E-state index in [1.807, 2.05) is 32.0 Å². The fraction of sp³-hybridized carbons (Fsp3) is 0.269. The average molecular weight is 746 g/mol. The van der Waals surface area contributed by atoms with Crippen molar-refractivity contribution >= 4 is 68.6 Å². The van der Waals surface area contributed by atoms with Gasteiger partial charge in [0.1, 0.15) is 5.75 Å². The average Bonchev–Trinajstić information content (AvgIpc) is 3.19. The van der Waals surface area contributed by atoms with Crippen molar-refractivity contribution in [2.24, 2.45) is 4.99 Å². The summed E-state index contributed by atoms with van der Waals surface area (Å²) in [6, 6.07) is 8.61. The second-order valence-electron chi connectivity index (χ2n) is 7.76. The summed E-state index contributed by atoms with van der Waals surface area (Å²) >= 11 is 5.70. The van der Waals surface area contributed by atoms with Crippen molar-refractivity contribution in [2.45, 2.75) is 19.9 Å². The number of rotatable bonds is 8. The Kier molecular flexibility index (Phi) is 8.95. The first-order valence-electron chi connectivity index (χ1n) is 11.3. The van der Waals surface area contributed by atoms with E-state index in [1.165, 1.54) is 29.2 Å². The lowest BCUT2D eigenvalue weighted by Gasteiger charge is -2.23. The van der Waals surface area contributed by atoms with E-state index >= 15 is 0 Å². The molecule has 4 rings (SSSR count). The molecular weight excluding hydrogens is 722 g/mol. The molecule has 0 saturated heterocycles. The summed E-state index contributed by atoms with van der Waals surface area (Å²) < 4.78 is 26.1. The van der Waals surface area contributed by atoms with E-state index in [9.17, 15) is 9.59 Å². The van der Waals surface area contributed by atoms with Crippen LogP contribution in [0.1, 0.15) is 31.0 Å². The summed E-state index contributed by atoms with van der Waals surface area (Å²) in [7, 11) is 2.91. The van der Waals surface area contributed by atoms with E-state index in [0.717, 1.165) is 12.7 Å². The molecule has 11 heteroatoms. The molecule has 0 N–H and O–H groups in total. The van der Waals surface area contributed by atoms with Crippen LogP contribution in [-0.4, -0.2) is 38.0 Å². The van der Waals surface area contributed by atoms with Crippen LogP contribution in [-0.2, 0) is 9.53 Å². The van der Waals surface area contributed by atoms with E-state index in [2.05, 4.69) is 50.2 Å². The maximum Gasteiger partial charge on any atom is 0.337 e. The molecule has 2 heterocycles. The lowest BCUT2D eigenvalue weighted by atomic mass is 9.97. The minimum atomic E-state index is -0.751. The van der Waals surface area contributed by atoms with Crippen LogP contribution in [0.4, 0.5) is 0 Å². The van der Waals surface area contributed by atoms with Gasteiger partial charge in [-0.15, -0.1) is 0 Å². The second-order valence-corrected chi connectivity index (χ2v) is 11.2. The predicted molar refractivity (Wildman–Crippen MR) is 158 cm³/mol. The Morgan fingerprint density at radius 1 is 1.11 bits per heavy atom. The SMILES string of the molecule is CCOc1ccc([C@@H]2C(C(=O)OC)=CN=c3s/c(=C/c4cc(I)cc(I)c4OC)c(=O)n32)cc1OCC. The van der Waals surface area contributed by atoms with Gasteiger partial charge in [0.25, 0.3) is 5.56 Å². The van der Waals surface area contributed by atoms with Gasteiger partial charge >= 0.3 is 5.97 Å². The van der Waals surface area contributed by atoms with Gasteiger partial charge in [-0.3, -0.25) is 9.36 Å². The Bertz CT molecular complexity index is 1560. The van der Waals surface area contributed by atoms with Gasteiger partial charge in [-0.2, -0.15) is 0 Å². The summed E-state index contributed by atoms with van der Waals surface area (Å²) in [5.41, 5.74) is 1.43. The molecule has 0 unspecified atom stereocenters. The van der Waals surface area contributed by atoms with E-state index < -0.39 is 12.0 Å². The number of ether oxygens (including phenoxy) is 4. The summed E-state index contributed by atoms with van der Waals surface area (Å²) in [6.07, 6.45) is 3.27. The molecule has 1 aliphatic heterocycles. The number of halogens is 2. The Labute approximate surface area is 244 Å². The Hall–Kier alpha value is -2.39. The number of hydrogen-bond acceptors (Lipinski definition) is 8. The zero-order chi connectivity index (χ0) is 26.7. The Morgan fingerprint density at radius 3 is 2.51 bits per heavy atom. The standard InChI is InChI=1S/C26H24I2N2O6S/c1-5-35-19-8-7-14(10-20(19)36-6-2)22-17(25(32)34-4)13-29-26-30(22)24(31)21(37-26)11-15-9-16(27)12-18(28)23(15)33-3/h7-13,22H,5-6H2,1-4H3/b21-11+/t22-/m1/s1. The topological polar surface area (TPSA) is 88.4 Å². The quantitative estimate of drug-likeness (QED) is 0.256. The molecule has 0 saturated carbocycles. The van der Waals surface area contributed by atoms with Crippen molar-refractivity contribution in [2.75, 3.05) is 27.4 Å². The zero-order valence-corrected chi connectivity index (χ0v) is 25.7. The highest BCUT2D eigenvalue weighted by atomic mass is 127. The van der Waals surface area contributed by atoms with Gasteiger partial charge in [0, 0.05) is 15.3 Å². The Morgan fingerprint density at radius 2 is 1.84 bits per heavy atom. The molecule has 8 nitrogen and oxygen atoms in total. The molecule has 0 fully saturated rings. The van der Waals surface area contributed by atoms with Crippen LogP contribution in [0.25, 0.3) is 6.08 Å². The van der Waals surface area contributed by atoms with Crippen molar-refractivity contribution in [3.05, 3.63) is 80.1 Å². The summed E-state index contributed by atoms with van der Waals surface area (Å²) in [4.78, 5) is 31.5. The largest absolute Gasteiger partial charge is 0.495 e. The first kappa shape index (κ1) is 27.6. The number of methoxy groups -OCH3 is 2. The van der Waals surface area contributed by atoms with Gasteiger partial charge in [-0.05, 0) is 94.9 Å². The van der Waals surface area contributed by atoms with Crippen LogP contribution in [0.3, 0.4) is 0 Å². The van der Waals surface area contributed by atoms with Crippen LogP contribution < -0.4 is 29.1 Å². The van der Waals surface area contributed by atoms with Crippen molar-refractivity contribution in [1.82, 2.24) is 4.57 Å². The highest BCUT2D eigenvalue weighted by molar-refractivity contribution is 14.1. The highest BCUT2D eigenvalue weighted by Gasteiger charge is 2.31. The third-order valence-corrected chi connectivity index (χ3v) is 7.96. The maximum atomic E-state index is 13.8. The number of fused-ring (bicyclic) bond motifs is 1. The third kappa shape index (κ3) is 5.58. The zero-order valence-electron chi connectivity index (χ0n) is 20.5. The minimum Gasteiger partial charge on any atom is -0.495 e. The number of benzene rings is 2. The molecule has 0 aliphatic carbocycles. The van der Waals surface area contributed by atoms with Crippen molar-refractivity contribution < 1.29 is 23.7 Å². The highest BCUT2D eigenvalue weighted by Crippen LogP contribution is 2.35. The fourth-order valence-electron chi connectivity index (χ4n) is 4.03. The van der Waals surface area contributed by atoms with E-state index in [1.54, 1.807) is 25.3 Å². The van der Waals surface area contributed by atoms with Crippen LogP contribution in [0.15, 0.2) is 51.9 Å². The summed E-state index contributed by atoms with van der Waals surface area (Å²) in [6.45, 7) is 4.68. The maximum absolute atomic E-state index is 13.8. The molecule has 0 amide bonds. The molecule has 0 spiro atoms. The predicted octanol–water partition coefficient (Wildman–Crippen LogP) is 4.03. The second kappa shape index (κ2) is 12.0. The van der Waals surface area contributed by atoms with Crippen molar-refractivity contribution in [1.29, 1.82) is 0 Å². The first-order valence-corrected chi connectivity index (χ1v) is 14.3. The van der Waals surface area contributed by atoms with Crippen molar-refractivity contribution in [3.8, 4) is 17.2 Å². The van der Waals surface area contributed by atoms with Crippen LogP contribution >= 0.6 is 56.5 Å². The molecule has 1 aromatic heterocycles. The van der Waals surface area contributed by atoms with Crippen LogP contribution in [0.2, 0.25) is 0 Å². The normalized spacial score (nSPS) is 14.9. The van der Waals surface area contributed by atoms with Crippen LogP contribution in [0.5, 0.6) is 17.2 Å². The number of hydrogen-bond donors (Lipinski definition) is 0. The van der Waals surface area contributed by atoms with Gasteiger partial charge in [0.05, 0.1) is 47.2 Å². The summed E-state index contributed by atoms with van der Waals surface area (Å²) in [5, 5.41) is 0. The van der Waals surface area contributed by atoms with E-state index in [4.69, 9.17) is 18.9 Å². The van der Waals surface area contributed by atoms with Gasteiger partial charge in [0.2, 0.25) is 0 Å². The lowest BCUT2D eigenvalue weighted by Crippen LogP contribution is -2.39. The molecule has 3 aromatic rings. The Balaban J connectivity index is 1.94. The molecule has 0 radical (unpaired) electrons. The molecule has 2 aromatic carbocycles. The van der Waals surface area contributed by atoms with Gasteiger partial charge in [0.15, 0.2) is 16.3 Å². The van der Waals surface area contributed by atoms with Gasteiger partial charge < -0.3 is 18.9 Å². The lowest BCUT2D eigenvalue weighted by molar-refractivity contribution is -0.136. The number of carbonyl (C=O) groups excluding carboxylic acids is 1. The number of nitrogens with zero attached hydrogens (tertiary/aromatic N) is 2. The van der Waals surface area contributed by atoms with Gasteiger partial charge in [-0.1, -0.05) is 17.4 Å². The molecule has 37 heavy (non-hydrogen) atoms. The number of aromatic nitrogens is 1. The van der Waals surface area contributed by atoms with E-state index in [0.29, 0.717) is 45.4 Å². The number of carbonyl (C=O) groups is 1. The monoisotopic (exact) mass is 746 g/mol. The first-order chi connectivity index (χ1) is 17.8. The third-order valence-electron chi connectivity index (χ3n) is 5.54. The molecule has 1 aliphatic rings. The van der Waals surface area contributed by atoms with Gasteiger partial charge in [-0.25, -0.2) is 9.79 Å². The summed E-state index contributed by atoms with van der Waals surface area (Å²) in [5.74, 6) is 1.24.